The monoisotopic (exact) mass is 471 g/mol. The van der Waals surface area contributed by atoms with Crippen molar-refractivity contribution >= 4 is 29.0 Å². The highest BCUT2D eigenvalue weighted by Crippen LogP contribution is 2.31. The SMILES string of the molecule is COc1cc(C(=O)N2CCN(c3cnc(N)cc3Cl)C[C@@H]2CO)ncc1-c1ccc(F)cc1. The molecular formula is C23H23ClFN5O3. The molecule has 1 aliphatic rings. The zero-order chi connectivity index (χ0) is 23.5. The van der Waals surface area contributed by atoms with E-state index >= 15 is 0 Å². The maximum absolute atomic E-state index is 13.3. The van der Waals surface area contributed by atoms with E-state index in [0.29, 0.717) is 47.5 Å². The number of hydrogen-bond acceptors (Lipinski definition) is 7. The lowest BCUT2D eigenvalue weighted by molar-refractivity contribution is 0.0559. The van der Waals surface area contributed by atoms with Crippen molar-refractivity contribution in [2.75, 3.05) is 44.0 Å². The second-order valence-corrected chi connectivity index (χ2v) is 8.03. The molecule has 4 rings (SSSR count). The van der Waals surface area contributed by atoms with E-state index in [4.69, 9.17) is 22.1 Å². The van der Waals surface area contributed by atoms with Gasteiger partial charge in [0.1, 0.15) is 23.1 Å². The number of hydrogen-bond donors (Lipinski definition) is 2. The molecule has 3 aromatic rings. The van der Waals surface area contributed by atoms with Crippen molar-refractivity contribution in [3.8, 4) is 16.9 Å². The van der Waals surface area contributed by atoms with E-state index in [2.05, 4.69) is 9.97 Å². The number of nitrogens with two attached hydrogens (primary N) is 1. The summed E-state index contributed by atoms with van der Waals surface area (Å²) in [6.45, 7) is 0.998. The van der Waals surface area contributed by atoms with Gasteiger partial charge in [-0.2, -0.15) is 0 Å². The highest BCUT2D eigenvalue weighted by Gasteiger charge is 2.32. The molecule has 172 valence electrons. The third kappa shape index (κ3) is 4.69. The Labute approximate surface area is 195 Å². The lowest BCUT2D eigenvalue weighted by Crippen LogP contribution is -2.57. The quantitative estimate of drug-likeness (QED) is 0.589. The fourth-order valence-electron chi connectivity index (χ4n) is 3.88. The van der Waals surface area contributed by atoms with Gasteiger partial charge >= 0.3 is 0 Å². The van der Waals surface area contributed by atoms with Gasteiger partial charge in [0, 0.05) is 43.5 Å². The van der Waals surface area contributed by atoms with Crippen LogP contribution in [-0.4, -0.2) is 65.3 Å². The van der Waals surface area contributed by atoms with Gasteiger partial charge in [0.25, 0.3) is 5.91 Å². The van der Waals surface area contributed by atoms with Crippen molar-refractivity contribution in [3.05, 3.63) is 65.3 Å². The molecule has 1 aliphatic heterocycles. The second-order valence-electron chi connectivity index (χ2n) is 7.62. The molecular weight excluding hydrogens is 449 g/mol. The molecule has 0 spiro atoms. The first kappa shape index (κ1) is 22.8. The van der Waals surface area contributed by atoms with Gasteiger partial charge in [0.2, 0.25) is 0 Å². The average Bonchev–Trinajstić information content (AvgIpc) is 2.83. The second kappa shape index (κ2) is 9.60. The molecule has 0 saturated carbocycles. The first-order valence-electron chi connectivity index (χ1n) is 10.3. The van der Waals surface area contributed by atoms with Crippen LogP contribution in [0.2, 0.25) is 5.02 Å². The van der Waals surface area contributed by atoms with Gasteiger partial charge in [-0.15, -0.1) is 0 Å². The molecule has 0 radical (unpaired) electrons. The summed E-state index contributed by atoms with van der Waals surface area (Å²) in [6.07, 6.45) is 3.12. The van der Waals surface area contributed by atoms with Crippen molar-refractivity contribution < 1.29 is 19.0 Å². The lowest BCUT2D eigenvalue weighted by Gasteiger charge is -2.41. The number of halogens is 2. The van der Waals surface area contributed by atoms with Crippen LogP contribution in [0.3, 0.4) is 0 Å². The van der Waals surface area contributed by atoms with Gasteiger partial charge in [-0.25, -0.2) is 9.37 Å². The van der Waals surface area contributed by atoms with Crippen LogP contribution in [0.4, 0.5) is 15.9 Å². The van der Waals surface area contributed by atoms with Crippen molar-refractivity contribution in [3.63, 3.8) is 0 Å². The summed E-state index contributed by atoms with van der Waals surface area (Å²) in [5.41, 5.74) is 7.92. The lowest BCUT2D eigenvalue weighted by atomic mass is 10.1. The molecule has 10 heteroatoms. The molecule has 3 heterocycles. The Morgan fingerprint density at radius 1 is 1.24 bits per heavy atom. The summed E-state index contributed by atoms with van der Waals surface area (Å²) in [5.74, 6) is 0.0983. The summed E-state index contributed by atoms with van der Waals surface area (Å²) in [6, 6.07) is 8.60. The predicted octanol–water partition coefficient (Wildman–Crippen LogP) is 2.85. The molecule has 1 aromatic carbocycles. The summed E-state index contributed by atoms with van der Waals surface area (Å²) in [7, 11) is 1.50. The zero-order valence-corrected chi connectivity index (χ0v) is 18.7. The summed E-state index contributed by atoms with van der Waals surface area (Å²) >= 11 is 6.31. The number of nitrogen functional groups attached to an aromatic ring is 1. The molecule has 8 nitrogen and oxygen atoms in total. The Hall–Kier alpha value is -3.43. The number of ether oxygens (including phenoxy) is 1. The van der Waals surface area contributed by atoms with E-state index in [9.17, 15) is 14.3 Å². The summed E-state index contributed by atoms with van der Waals surface area (Å²) in [4.78, 5) is 25.2. The first-order valence-corrected chi connectivity index (χ1v) is 10.7. The van der Waals surface area contributed by atoms with E-state index in [1.807, 2.05) is 4.90 Å². The van der Waals surface area contributed by atoms with Crippen molar-refractivity contribution in [2.24, 2.45) is 0 Å². The minimum Gasteiger partial charge on any atom is -0.496 e. The van der Waals surface area contributed by atoms with Gasteiger partial charge < -0.3 is 25.4 Å². The smallest absolute Gasteiger partial charge is 0.273 e. The van der Waals surface area contributed by atoms with Crippen molar-refractivity contribution in [1.29, 1.82) is 0 Å². The highest BCUT2D eigenvalue weighted by atomic mass is 35.5. The first-order chi connectivity index (χ1) is 15.9. The highest BCUT2D eigenvalue weighted by molar-refractivity contribution is 6.33. The van der Waals surface area contributed by atoms with E-state index < -0.39 is 6.04 Å². The molecule has 0 bridgehead atoms. The van der Waals surface area contributed by atoms with Gasteiger partial charge in [-0.1, -0.05) is 23.7 Å². The Bertz CT molecular complexity index is 1160. The Kier molecular flexibility index (Phi) is 6.62. The maximum Gasteiger partial charge on any atom is 0.273 e. The Balaban J connectivity index is 1.55. The minimum absolute atomic E-state index is 0.191. The number of nitrogens with zero attached hydrogens (tertiary/aromatic N) is 4. The third-order valence-electron chi connectivity index (χ3n) is 5.61. The number of carbonyl (C=O) groups excluding carboxylic acids is 1. The van der Waals surface area contributed by atoms with Gasteiger partial charge in [-0.05, 0) is 17.7 Å². The Morgan fingerprint density at radius 3 is 2.67 bits per heavy atom. The molecule has 0 aliphatic carbocycles. The number of aromatic nitrogens is 2. The van der Waals surface area contributed by atoms with Crippen LogP contribution < -0.4 is 15.4 Å². The van der Waals surface area contributed by atoms with Crippen LogP contribution >= 0.6 is 11.6 Å². The number of rotatable bonds is 5. The number of methoxy groups -OCH3 is 1. The van der Waals surface area contributed by atoms with E-state index in [-0.39, 0.29) is 24.0 Å². The van der Waals surface area contributed by atoms with Crippen LogP contribution in [0.15, 0.2) is 48.8 Å². The standard InChI is InChI=1S/C23H23ClFN5O3/c1-33-21-9-19(27-10-17(21)14-2-4-15(25)5-3-14)23(32)30-7-6-29(12-16(30)13-31)20-11-28-22(26)8-18(20)24/h2-5,8-11,16,31H,6-7,12-13H2,1H3,(H2,26,28)/t16-/m1/s1. The fraction of sp³-hybridized carbons (Fsp3) is 0.261. The molecule has 1 atom stereocenters. The molecule has 1 saturated heterocycles. The van der Waals surface area contributed by atoms with E-state index in [1.165, 1.54) is 25.4 Å². The number of anilines is 2. The molecule has 1 amide bonds. The van der Waals surface area contributed by atoms with Crippen LogP contribution in [0.5, 0.6) is 5.75 Å². The largest absolute Gasteiger partial charge is 0.496 e. The number of pyridine rings is 2. The number of carbonyl (C=O) groups is 1. The van der Waals surface area contributed by atoms with Crippen molar-refractivity contribution in [2.45, 2.75) is 6.04 Å². The third-order valence-corrected chi connectivity index (χ3v) is 5.91. The molecule has 3 N–H and O–H groups in total. The summed E-state index contributed by atoms with van der Waals surface area (Å²) < 4.78 is 18.7. The van der Waals surface area contributed by atoms with E-state index in [0.717, 1.165) is 5.56 Å². The van der Waals surface area contributed by atoms with Crippen LogP contribution in [0.1, 0.15) is 10.5 Å². The molecule has 33 heavy (non-hydrogen) atoms. The van der Waals surface area contributed by atoms with E-state index in [1.54, 1.807) is 35.4 Å². The topological polar surface area (TPSA) is 105 Å². The van der Waals surface area contributed by atoms with Gasteiger partial charge in [0.05, 0.1) is 36.7 Å². The van der Waals surface area contributed by atoms with Gasteiger partial charge in [0.15, 0.2) is 0 Å². The van der Waals surface area contributed by atoms with Crippen molar-refractivity contribution in [1.82, 2.24) is 14.9 Å². The predicted molar refractivity (Wildman–Crippen MR) is 124 cm³/mol. The number of aliphatic hydroxyl groups excluding tert-OH is 1. The fourth-order valence-corrected chi connectivity index (χ4v) is 4.17. The minimum atomic E-state index is -0.468. The molecule has 2 aromatic heterocycles. The number of piperazine rings is 1. The van der Waals surface area contributed by atoms with Crippen LogP contribution in [0.25, 0.3) is 11.1 Å². The Morgan fingerprint density at radius 2 is 2.00 bits per heavy atom. The molecule has 1 fully saturated rings. The maximum atomic E-state index is 13.3. The average molecular weight is 472 g/mol. The normalized spacial score (nSPS) is 16.1. The number of aliphatic hydroxyl groups is 1. The number of amides is 1. The van der Waals surface area contributed by atoms with Crippen LogP contribution in [-0.2, 0) is 0 Å². The van der Waals surface area contributed by atoms with Gasteiger partial charge in [-0.3, -0.25) is 9.78 Å². The zero-order valence-electron chi connectivity index (χ0n) is 17.9. The molecule has 0 unspecified atom stereocenters. The van der Waals surface area contributed by atoms with Crippen LogP contribution in [0, 0.1) is 5.82 Å². The number of benzene rings is 1. The summed E-state index contributed by atoms with van der Waals surface area (Å²) in [5, 5.41) is 10.4.